The van der Waals surface area contributed by atoms with Crippen LogP contribution in [0, 0.1) is 0 Å². The molecule has 22 aromatic carbocycles. The van der Waals surface area contributed by atoms with Crippen molar-refractivity contribution in [2.24, 2.45) is 0 Å². The van der Waals surface area contributed by atoms with Gasteiger partial charge in [0.05, 0.1) is 0 Å². The third-order valence-corrected chi connectivity index (χ3v) is 28.6. The molecule has 0 bridgehead atoms. The average Bonchev–Trinajstić information content (AvgIpc) is 1.54. The molecule has 1 aliphatic heterocycles. The molecule has 0 unspecified atom stereocenters. The van der Waals surface area contributed by atoms with Gasteiger partial charge in [0.1, 0.15) is 0 Å². The van der Waals surface area contributed by atoms with Crippen molar-refractivity contribution in [1.29, 1.82) is 0 Å². The van der Waals surface area contributed by atoms with E-state index in [1.807, 2.05) is 24.3 Å². The molecule has 3 nitrogen and oxygen atoms in total. The number of benzene rings is 22. The quantitative estimate of drug-likeness (QED) is 0.0883. The number of nitrogen functional groups attached to an aromatic ring is 1. The summed E-state index contributed by atoms with van der Waals surface area (Å²) >= 11 is 7.30. The molecule has 0 saturated heterocycles. The fourth-order valence-electron chi connectivity index (χ4n) is 17.4. The Morgan fingerprint density at radius 3 is 0.822 bits per heavy atom. The molecule has 9 heteroatoms. The van der Waals surface area contributed by atoms with Gasteiger partial charge >= 0.3 is 103 Å². The van der Waals surface area contributed by atoms with Gasteiger partial charge < -0.3 is 19.2 Å². The van der Waals surface area contributed by atoms with Crippen LogP contribution < -0.4 is 140 Å². The molecule has 0 fully saturated rings. The number of nitrogens with two attached hydrogens (primary N) is 1. The van der Waals surface area contributed by atoms with Crippen LogP contribution >= 0.6 is 31.9 Å². The topological polar surface area (TPSA) is 50.1 Å². The van der Waals surface area contributed by atoms with Crippen LogP contribution in [-0.4, -0.2) is 16.5 Å². The van der Waals surface area contributed by atoms with Crippen molar-refractivity contribution in [3.8, 4) is 11.1 Å². The van der Waals surface area contributed by atoms with Crippen molar-refractivity contribution in [2.75, 3.05) is 16.4 Å². The molecule has 0 saturated carbocycles. The Bertz CT molecular complexity index is 6840. The molecular formula is C109H81BBr2K2N3Si. The summed E-state index contributed by atoms with van der Waals surface area (Å²) in [7, 11) is -2.27. The van der Waals surface area contributed by atoms with Crippen LogP contribution in [0.15, 0.2) is 440 Å². The molecule has 23 rings (SSSR count). The fourth-order valence-corrected chi connectivity index (χ4v) is 23.6. The summed E-state index contributed by atoms with van der Waals surface area (Å²) in [5.74, 6) is 0. The summed E-state index contributed by atoms with van der Waals surface area (Å²) in [6.07, 6.45) is 0. The van der Waals surface area contributed by atoms with E-state index in [9.17, 15) is 0 Å². The van der Waals surface area contributed by atoms with Gasteiger partial charge in [0.2, 0.25) is 0 Å². The van der Waals surface area contributed by atoms with E-state index in [-0.39, 0.29) is 121 Å². The van der Waals surface area contributed by atoms with Crippen molar-refractivity contribution in [3.05, 3.63) is 440 Å². The molecule has 0 spiro atoms. The molecule has 22 aromatic rings. The van der Waals surface area contributed by atoms with Crippen molar-refractivity contribution in [2.45, 2.75) is 7.43 Å². The van der Waals surface area contributed by atoms with Crippen LogP contribution in [0.25, 0.3) is 140 Å². The van der Waals surface area contributed by atoms with Gasteiger partial charge in [-0.1, -0.05) is 421 Å². The first kappa shape index (κ1) is 83.0. The van der Waals surface area contributed by atoms with E-state index in [1.54, 1.807) is 0 Å². The smallest absolute Gasteiger partial charge is 1.00 e. The number of halogens is 2. The third kappa shape index (κ3) is 16.0. The van der Waals surface area contributed by atoms with E-state index in [1.165, 1.54) is 156 Å². The normalized spacial score (nSPS) is 11.5. The first-order chi connectivity index (χ1) is 56.3. The van der Waals surface area contributed by atoms with Crippen molar-refractivity contribution in [1.82, 2.24) is 0 Å². The molecule has 3 radical (unpaired) electrons. The van der Waals surface area contributed by atoms with E-state index >= 15 is 0 Å². The van der Waals surface area contributed by atoms with Gasteiger partial charge in [-0.25, -0.2) is 0 Å². The molecule has 555 valence electrons. The van der Waals surface area contributed by atoms with Gasteiger partial charge in [0, 0.05) is 72.7 Å². The first-order valence-corrected chi connectivity index (χ1v) is 42.3. The second-order valence-corrected chi connectivity index (χ2v) is 34.6. The van der Waals surface area contributed by atoms with Gasteiger partial charge in [-0.3, -0.25) is 0 Å². The SMILES string of the molecule is Brc1cc2ccccc2c2ccccc12.Brc1ccc2c(c1)-c1ccccc1[Si]2(c1ccccc1)c1ccccc1.C.Nc1cc2ccccc2c2ccccc12.[B].[H-].[H-].[K+].[K+].c1ccc2c(c1)cc(Nc1cc3ccccc3c3ccccc13)c1ccccc12.c1ccc2c(c1)cc(Nc1cc3ccccc3c3ccccc13)c1ccccc12. The zero-order valence-electron chi connectivity index (χ0n) is 66.9. The van der Waals surface area contributed by atoms with E-state index in [2.05, 4.69) is 449 Å². The van der Waals surface area contributed by atoms with Crippen LogP contribution in [-0.2, 0) is 0 Å². The minimum absolute atomic E-state index is 0. The summed E-state index contributed by atoms with van der Waals surface area (Å²) in [6.45, 7) is 0. The van der Waals surface area contributed by atoms with Crippen LogP contribution in [0.3, 0.4) is 0 Å². The minimum atomic E-state index is -2.27. The molecule has 0 atom stereocenters. The molecule has 1 heterocycles. The number of rotatable bonds is 6. The zero-order chi connectivity index (χ0) is 76.5. The summed E-state index contributed by atoms with van der Waals surface area (Å²) in [5, 5.41) is 43.6. The largest absolute Gasteiger partial charge is 1.00 e. The number of hydrogen-bond acceptors (Lipinski definition) is 3. The molecule has 0 aliphatic carbocycles. The van der Waals surface area contributed by atoms with Gasteiger partial charge in [0.25, 0.3) is 0 Å². The Hall–Kier alpha value is -10.1. The molecule has 0 amide bonds. The number of nitrogens with one attached hydrogen (secondary N) is 2. The molecule has 4 N–H and O–H groups in total. The number of anilines is 5. The van der Waals surface area contributed by atoms with E-state index in [0.29, 0.717) is 0 Å². The van der Waals surface area contributed by atoms with Gasteiger partial charge in [-0.2, -0.15) is 0 Å². The average molecular weight is 1710 g/mol. The van der Waals surface area contributed by atoms with Crippen molar-refractivity contribution in [3.63, 3.8) is 0 Å². The fraction of sp³-hybridized carbons (Fsp3) is 0.00917. The monoisotopic (exact) mass is 1710 g/mol. The standard InChI is InChI=1S/2C28H19N.C24H17BrSi.C14H9Br.C14H11N.CH4.B.2K.2H/c2*1-3-11-21-19(9-1)17-27(25-15-7-5-13-23(21)25)29-28-18-20-10-2-4-12-22(20)24-14-6-8-16-26(24)28;25-18-15-16-24-22(17-18)21-13-7-8-14-23(21)26(24,19-9-3-1-4-10-19)20-11-5-2-6-12-20;2*15-14-9-10-5-1-2-6-11(10)12-7-3-4-8-13(12)14;;;;;;/h2*1-18,29H;1-17H;1-9H;1-9H,15H2;1H4;;;;;/q;;;;;;;2*+1;2*-1. The third-order valence-electron chi connectivity index (χ3n) is 22.5. The van der Waals surface area contributed by atoms with Gasteiger partial charge in [-0.15, -0.1) is 0 Å². The maximum absolute atomic E-state index is 6.02. The van der Waals surface area contributed by atoms with Crippen LogP contribution in [0.5, 0.6) is 0 Å². The molecule has 118 heavy (non-hydrogen) atoms. The second-order valence-electron chi connectivity index (χ2n) is 29.1. The Kier molecular flexibility index (Phi) is 26.0. The Morgan fingerprint density at radius 2 is 0.466 bits per heavy atom. The Morgan fingerprint density at radius 1 is 0.220 bits per heavy atom. The predicted octanol–water partition coefficient (Wildman–Crippen LogP) is 22.7. The minimum Gasteiger partial charge on any atom is -1.00 e. The van der Waals surface area contributed by atoms with Crippen molar-refractivity contribution < 1.29 is 106 Å². The van der Waals surface area contributed by atoms with E-state index in [0.717, 1.165) is 42.8 Å². The summed E-state index contributed by atoms with van der Waals surface area (Å²) in [5.41, 5.74) is 14.2. The van der Waals surface area contributed by atoms with Crippen LogP contribution in [0.1, 0.15) is 10.3 Å². The number of hydrogen-bond donors (Lipinski definition) is 3. The Balaban J connectivity index is 0.000000131. The molecule has 1 aliphatic rings. The van der Waals surface area contributed by atoms with Crippen molar-refractivity contribution >= 4 is 227 Å². The summed E-state index contributed by atoms with van der Waals surface area (Å²) in [6, 6.07) is 154. The maximum Gasteiger partial charge on any atom is 1.00 e. The predicted molar refractivity (Wildman–Crippen MR) is 519 cm³/mol. The van der Waals surface area contributed by atoms with E-state index < -0.39 is 8.07 Å². The maximum atomic E-state index is 6.02. The summed E-state index contributed by atoms with van der Waals surface area (Å²) < 4.78 is 2.30. The van der Waals surface area contributed by atoms with Gasteiger partial charge in [0.15, 0.2) is 8.07 Å². The van der Waals surface area contributed by atoms with Crippen LogP contribution in [0.2, 0.25) is 0 Å². The zero-order valence-corrected chi connectivity index (χ0v) is 75.3. The van der Waals surface area contributed by atoms with Gasteiger partial charge in [-0.05, 0) is 183 Å². The van der Waals surface area contributed by atoms with Crippen LogP contribution in [0.4, 0.5) is 28.4 Å². The first-order valence-electron chi connectivity index (χ1n) is 38.7. The summed E-state index contributed by atoms with van der Waals surface area (Å²) in [4.78, 5) is 0. The molecular weight excluding hydrogens is 1630 g/mol. The van der Waals surface area contributed by atoms with E-state index in [4.69, 9.17) is 5.73 Å². The second kappa shape index (κ2) is 37.0. The number of fused-ring (bicyclic) bond motifs is 21. The Labute approximate surface area is 796 Å². The molecule has 0 aromatic heterocycles.